The summed E-state index contributed by atoms with van der Waals surface area (Å²) in [4.78, 5) is 12.5. The maximum atomic E-state index is 13.8. The lowest BCUT2D eigenvalue weighted by atomic mass is 10.1. The quantitative estimate of drug-likeness (QED) is 0.864. The fourth-order valence-corrected chi connectivity index (χ4v) is 1.85. The van der Waals surface area contributed by atoms with Gasteiger partial charge in [0.15, 0.2) is 0 Å². The predicted molar refractivity (Wildman–Crippen MR) is 70.2 cm³/mol. The summed E-state index contributed by atoms with van der Waals surface area (Å²) in [5, 5.41) is 8.94. The molecule has 106 valence electrons. The highest BCUT2D eigenvalue weighted by atomic mass is 19.1. The van der Waals surface area contributed by atoms with Crippen molar-refractivity contribution in [3.63, 3.8) is 0 Å². The second kappa shape index (κ2) is 6.50. The molecule has 0 amide bonds. The molecule has 0 radical (unpaired) electrons. The topological polar surface area (TPSA) is 40.5 Å². The number of hydrogen-bond acceptors (Lipinski definition) is 2. The Bertz CT molecular complexity index is 449. The van der Waals surface area contributed by atoms with Crippen LogP contribution in [0.1, 0.15) is 20.8 Å². The first-order valence-corrected chi connectivity index (χ1v) is 6.24. The minimum Gasteiger partial charge on any atom is -0.481 e. The molecule has 1 N–H and O–H groups in total. The molecule has 0 bridgehead atoms. The van der Waals surface area contributed by atoms with E-state index < -0.39 is 23.5 Å². The Hall–Kier alpha value is -1.65. The van der Waals surface area contributed by atoms with Crippen LogP contribution in [-0.4, -0.2) is 24.2 Å². The molecule has 0 spiro atoms. The lowest BCUT2D eigenvalue weighted by Crippen LogP contribution is -2.35. The molecule has 0 aliphatic rings. The van der Waals surface area contributed by atoms with Crippen LogP contribution in [-0.2, 0) is 4.79 Å². The summed E-state index contributed by atoms with van der Waals surface area (Å²) in [6, 6.07) is 3.21. The molecule has 1 atom stereocenters. The van der Waals surface area contributed by atoms with Crippen molar-refractivity contribution in [1.82, 2.24) is 0 Å². The molecule has 0 aliphatic heterocycles. The first-order valence-electron chi connectivity index (χ1n) is 6.24. The van der Waals surface area contributed by atoms with Crippen LogP contribution in [0.15, 0.2) is 18.2 Å². The van der Waals surface area contributed by atoms with Crippen LogP contribution >= 0.6 is 0 Å². The highest BCUT2D eigenvalue weighted by Gasteiger charge is 2.20. The second-order valence-electron chi connectivity index (χ2n) is 5.13. The largest absolute Gasteiger partial charge is 0.481 e. The number of halogens is 2. The number of aliphatic carboxylic acids is 1. The van der Waals surface area contributed by atoms with Crippen LogP contribution in [0.4, 0.5) is 14.5 Å². The minimum atomic E-state index is -0.953. The van der Waals surface area contributed by atoms with Crippen LogP contribution in [0.2, 0.25) is 0 Å². The molecule has 0 saturated heterocycles. The molecule has 0 aliphatic carbocycles. The molecule has 0 fully saturated rings. The second-order valence-corrected chi connectivity index (χ2v) is 5.13. The van der Waals surface area contributed by atoms with Crippen LogP contribution in [0.25, 0.3) is 0 Å². The number of rotatable bonds is 6. The molecule has 0 saturated carbocycles. The van der Waals surface area contributed by atoms with Crippen LogP contribution < -0.4 is 4.90 Å². The zero-order chi connectivity index (χ0) is 14.6. The number of hydrogen-bond donors (Lipinski definition) is 1. The van der Waals surface area contributed by atoms with Crippen LogP contribution in [0.5, 0.6) is 0 Å². The molecule has 1 aromatic rings. The molecule has 0 aromatic heterocycles. The van der Waals surface area contributed by atoms with Gasteiger partial charge in [0.05, 0.1) is 11.6 Å². The number of carbonyl (C=O) groups is 1. The molecule has 3 nitrogen and oxygen atoms in total. The third kappa shape index (κ3) is 4.50. The summed E-state index contributed by atoms with van der Waals surface area (Å²) in [6.07, 6.45) is 0. The standard InChI is InChI=1S/C14H19F2NO2/c1-9(2)7-17(8-10(3)14(18)19)13-6-11(15)4-5-12(13)16/h4-6,9-10H,7-8H2,1-3H3,(H,18,19). The van der Waals surface area contributed by atoms with Crippen molar-refractivity contribution in [2.75, 3.05) is 18.0 Å². The third-order valence-electron chi connectivity index (χ3n) is 2.75. The van der Waals surface area contributed by atoms with E-state index in [4.69, 9.17) is 5.11 Å². The molecule has 0 heterocycles. The lowest BCUT2D eigenvalue weighted by Gasteiger charge is -2.28. The maximum Gasteiger partial charge on any atom is 0.308 e. The Balaban J connectivity index is 3.01. The Morgan fingerprint density at radius 1 is 1.26 bits per heavy atom. The van der Waals surface area contributed by atoms with Crippen molar-refractivity contribution in [2.45, 2.75) is 20.8 Å². The van der Waals surface area contributed by atoms with Crippen molar-refractivity contribution in [1.29, 1.82) is 0 Å². The molecule has 1 aromatic carbocycles. The van der Waals surface area contributed by atoms with Crippen molar-refractivity contribution in [2.24, 2.45) is 11.8 Å². The zero-order valence-corrected chi connectivity index (χ0v) is 11.4. The van der Waals surface area contributed by atoms with E-state index in [1.165, 1.54) is 0 Å². The van der Waals surface area contributed by atoms with E-state index in [0.717, 1.165) is 18.2 Å². The van der Waals surface area contributed by atoms with Gasteiger partial charge in [0.25, 0.3) is 0 Å². The average molecular weight is 271 g/mol. The number of nitrogens with zero attached hydrogens (tertiary/aromatic N) is 1. The maximum absolute atomic E-state index is 13.8. The number of carboxylic acids is 1. The number of carboxylic acid groups (broad SMARTS) is 1. The van der Waals surface area contributed by atoms with E-state index in [9.17, 15) is 13.6 Å². The first kappa shape index (κ1) is 15.4. The van der Waals surface area contributed by atoms with Gasteiger partial charge in [-0.15, -0.1) is 0 Å². The Kier molecular flexibility index (Phi) is 5.27. The average Bonchev–Trinajstić information content (AvgIpc) is 2.30. The fourth-order valence-electron chi connectivity index (χ4n) is 1.85. The van der Waals surface area contributed by atoms with Crippen molar-refractivity contribution < 1.29 is 18.7 Å². The van der Waals surface area contributed by atoms with Gasteiger partial charge in [0.1, 0.15) is 11.6 Å². The summed E-state index contributed by atoms with van der Waals surface area (Å²) in [7, 11) is 0. The van der Waals surface area contributed by atoms with Crippen molar-refractivity contribution in [3.8, 4) is 0 Å². The SMILES string of the molecule is CC(C)CN(CC(C)C(=O)O)c1cc(F)ccc1F. The minimum absolute atomic E-state index is 0.113. The van der Waals surface area contributed by atoms with Crippen LogP contribution in [0.3, 0.4) is 0 Å². The third-order valence-corrected chi connectivity index (χ3v) is 2.75. The van der Waals surface area contributed by atoms with Gasteiger partial charge in [0, 0.05) is 19.2 Å². The fraction of sp³-hybridized carbons (Fsp3) is 0.500. The number of anilines is 1. The lowest BCUT2D eigenvalue weighted by molar-refractivity contribution is -0.140. The highest BCUT2D eigenvalue weighted by Crippen LogP contribution is 2.22. The molecular formula is C14H19F2NO2. The number of benzene rings is 1. The highest BCUT2D eigenvalue weighted by molar-refractivity contribution is 5.70. The summed E-state index contributed by atoms with van der Waals surface area (Å²) < 4.78 is 27.0. The predicted octanol–water partition coefficient (Wildman–Crippen LogP) is 3.15. The molecular weight excluding hydrogens is 252 g/mol. The van der Waals surface area contributed by atoms with Gasteiger partial charge in [-0.2, -0.15) is 0 Å². The van der Waals surface area contributed by atoms with E-state index in [-0.39, 0.29) is 18.2 Å². The van der Waals surface area contributed by atoms with E-state index in [1.807, 2.05) is 13.8 Å². The molecule has 1 rings (SSSR count). The van der Waals surface area contributed by atoms with E-state index in [2.05, 4.69) is 0 Å². The van der Waals surface area contributed by atoms with Gasteiger partial charge in [-0.1, -0.05) is 20.8 Å². The van der Waals surface area contributed by atoms with E-state index in [1.54, 1.807) is 11.8 Å². The first-order chi connectivity index (χ1) is 8.81. The summed E-state index contributed by atoms with van der Waals surface area (Å²) in [5.41, 5.74) is 0.113. The summed E-state index contributed by atoms with van der Waals surface area (Å²) in [5.74, 6) is -2.47. The smallest absolute Gasteiger partial charge is 0.308 e. The van der Waals surface area contributed by atoms with E-state index >= 15 is 0 Å². The summed E-state index contributed by atoms with van der Waals surface area (Å²) in [6.45, 7) is 6.05. The molecule has 19 heavy (non-hydrogen) atoms. The van der Waals surface area contributed by atoms with Gasteiger partial charge in [-0.3, -0.25) is 4.79 Å². The zero-order valence-electron chi connectivity index (χ0n) is 11.4. The van der Waals surface area contributed by atoms with Gasteiger partial charge in [-0.05, 0) is 18.1 Å². The Morgan fingerprint density at radius 2 is 1.89 bits per heavy atom. The Labute approximate surface area is 111 Å². The van der Waals surface area contributed by atoms with E-state index in [0.29, 0.717) is 6.54 Å². The van der Waals surface area contributed by atoms with Gasteiger partial charge >= 0.3 is 5.97 Å². The normalized spacial score (nSPS) is 12.5. The van der Waals surface area contributed by atoms with Crippen molar-refractivity contribution >= 4 is 11.7 Å². The summed E-state index contributed by atoms with van der Waals surface area (Å²) >= 11 is 0. The van der Waals surface area contributed by atoms with Gasteiger partial charge in [-0.25, -0.2) is 8.78 Å². The Morgan fingerprint density at radius 3 is 2.42 bits per heavy atom. The molecule has 5 heteroatoms. The van der Waals surface area contributed by atoms with Gasteiger partial charge < -0.3 is 10.0 Å². The van der Waals surface area contributed by atoms with Gasteiger partial charge in [0.2, 0.25) is 0 Å². The molecule has 1 unspecified atom stereocenters. The van der Waals surface area contributed by atoms with Crippen molar-refractivity contribution in [3.05, 3.63) is 29.8 Å². The monoisotopic (exact) mass is 271 g/mol. The van der Waals surface area contributed by atoms with Crippen LogP contribution in [0, 0.1) is 23.5 Å².